The number of rotatable bonds is 2. The fourth-order valence-electron chi connectivity index (χ4n) is 5.10. The third-order valence-electron chi connectivity index (χ3n) is 6.73. The first-order valence-corrected chi connectivity index (χ1v) is 10.3. The molecule has 0 aliphatic carbocycles. The van der Waals surface area contributed by atoms with Crippen molar-refractivity contribution in [3.8, 4) is 0 Å². The number of halogens is 3. The van der Waals surface area contributed by atoms with E-state index in [0.29, 0.717) is 56.7 Å². The highest BCUT2D eigenvalue weighted by molar-refractivity contribution is 5.85. The van der Waals surface area contributed by atoms with Crippen molar-refractivity contribution in [2.45, 2.75) is 32.2 Å². The summed E-state index contributed by atoms with van der Waals surface area (Å²) in [6.07, 6.45) is 2.00. The zero-order valence-corrected chi connectivity index (χ0v) is 16.7. The van der Waals surface area contributed by atoms with Crippen LogP contribution in [0.1, 0.15) is 36.6 Å². The lowest BCUT2D eigenvalue weighted by Gasteiger charge is -2.38. The molecule has 1 spiro atoms. The predicted octanol–water partition coefficient (Wildman–Crippen LogP) is 3.60. The molecule has 3 aliphatic rings. The molecule has 3 fully saturated rings. The number of amides is 1. The normalized spacial score (nSPS) is 23.5. The number of piperidine rings is 1. The third kappa shape index (κ3) is 3.05. The molecule has 2 aromatic rings. The van der Waals surface area contributed by atoms with Gasteiger partial charge >= 0.3 is 0 Å². The highest BCUT2D eigenvalue weighted by atomic mass is 19.1. The van der Waals surface area contributed by atoms with E-state index in [1.807, 2.05) is 5.01 Å². The van der Waals surface area contributed by atoms with Gasteiger partial charge in [0.15, 0.2) is 0 Å². The molecule has 0 radical (unpaired) electrons. The number of carbonyl (C=O) groups is 1. The van der Waals surface area contributed by atoms with E-state index < -0.39 is 17.0 Å². The summed E-state index contributed by atoms with van der Waals surface area (Å²) in [6.45, 7) is 4.28. The highest BCUT2D eigenvalue weighted by Crippen LogP contribution is 2.47. The van der Waals surface area contributed by atoms with Crippen LogP contribution in [-0.2, 0) is 4.79 Å². The second-order valence-electron chi connectivity index (χ2n) is 8.55. The van der Waals surface area contributed by atoms with E-state index in [9.17, 15) is 18.0 Å². The molecule has 1 aromatic carbocycles. The quantitative estimate of drug-likeness (QED) is 0.750. The number of aryl methyl sites for hydroxylation is 1. The van der Waals surface area contributed by atoms with Crippen LogP contribution >= 0.6 is 0 Å². The van der Waals surface area contributed by atoms with Crippen LogP contribution in [-0.4, -0.2) is 47.1 Å². The molecular weight excluding hydrogens is 393 g/mol. The minimum Gasteiger partial charge on any atom is -0.357 e. The molecule has 0 N–H and O–H groups in total. The smallest absolute Gasteiger partial charge is 0.245 e. The first-order chi connectivity index (χ1) is 14.4. The van der Waals surface area contributed by atoms with Gasteiger partial charge in [-0.3, -0.25) is 9.80 Å². The number of hydrazine groups is 1. The Morgan fingerprint density at radius 1 is 1.03 bits per heavy atom. The Balaban J connectivity index is 1.34. The number of fused-ring (bicyclic) bond motifs is 1. The van der Waals surface area contributed by atoms with Crippen molar-refractivity contribution in [3.63, 3.8) is 0 Å². The minimum atomic E-state index is -0.625. The zero-order chi connectivity index (χ0) is 21.0. The van der Waals surface area contributed by atoms with Gasteiger partial charge in [-0.25, -0.2) is 23.2 Å². The van der Waals surface area contributed by atoms with Crippen LogP contribution in [0.4, 0.5) is 19.0 Å². The molecule has 1 aromatic heterocycles. The molecule has 8 heteroatoms. The molecule has 4 heterocycles. The first-order valence-electron chi connectivity index (χ1n) is 10.3. The molecule has 0 bridgehead atoms. The van der Waals surface area contributed by atoms with Crippen molar-refractivity contribution in [1.82, 2.24) is 15.0 Å². The lowest BCUT2D eigenvalue weighted by atomic mass is 9.77. The van der Waals surface area contributed by atoms with Crippen LogP contribution in [0.5, 0.6) is 0 Å². The van der Waals surface area contributed by atoms with Crippen molar-refractivity contribution in [2.24, 2.45) is 5.41 Å². The average Bonchev–Trinajstić information content (AvgIpc) is 3.23. The first kappa shape index (κ1) is 19.4. The van der Waals surface area contributed by atoms with Gasteiger partial charge in [0.1, 0.15) is 23.3 Å². The van der Waals surface area contributed by atoms with E-state index in [2.05, 4.69) is 9.88 Å². The molecule has 0 unspecified atom stereocenters. The van der Waals surface area contributed by atoms with Crippen LogP contribution in [0.2, 0.25) is 0 Å². The van der Waals surface area contributed by atoms with Gasteiger partial charge in [0.2, 0.25) is 5.91 Å². The highest BCUT2D eigenvalue weighted by Gasteiger charge is 2.56. The Hall–Kier alpha value is -2.61. The molecule has 3 saturated heterocycles. The summed E-state index contributed by atoms with van der Waals surface area (Å²) < 4.78 is 41.0. The van der Waals surface area contributed by atoms with Crippen LogP contribution < -0.4 is 4.90 Å². The average molecular weight is 416 g/mol. The SMILES string of the molecule is Cc1nc(N2CCC3(CC2)CN2CC[C@@H](c4cc(F)cc(F)c4)N2C3=O)ccc1F. The maximum atomic E-state index is 13.7. The monoisotopic (exact) mass is 416 g/mol. The predicted molar refractivity (Wildman–Crippen MR) is 105 cm³/mol. The van der Waals surface area contributed by atoms with Gasteiger partial charge in [-0.05, 0) is 56.0 Å². The molecule has 158 valence electrons. The van der Waals surface area contributed by atoms with Gasteiger partial charge in [0, 0.05) is 32.2 Å². The Kier molecular flexibility index (Phi) is 4.50. The van der Waals surface area contributed by atoms with E-state index in [0.717, 1.165) is 11.9 Å². The number of nitrogens with zero attached hydrogens (tertiary/aromatic N) is 4. The molecule has 5 rings (SSSR count). The fraction of sp³-hybridized carbons (Fsp3) is 0.455. The summed E-state index contributed by atoms with van der Waals surface area (Å²) in [5.74, 6) is -0.812. The summed E-state index contributed by atoms with van der Waals surface area (Å²) in [5, 5.41) is 3.76. The maximum absolute atomic E-state index is 13.7. The molecular formula is C22H23F3N4O. The number of pyridine rings is 1. The molecule has 1 amide bonds. The number of hydrogen-bond donors (Lipinski definition) is 0. The number of benzene rings is 1. The Morgan fingerprint density at radius 3 is 2.40 bits per heavy atom. The van der Waals surface area contributed by atoms with Gasteiger partial charge in [-0.1, -0.05) is 0 Å². The topological polar surface area (TPSA) is 39.7 Å². The molecule has 5 nitrogen and oxygen atoms in total. The van der Waals surface area contributed by atoms with Crippen molar-refractivity contribution < 1.29 is 18.0 Å². The van der Waals surface area contributed by atoms with E-state index in [1.54, 1.807) is 18.0 Å². The lowest BCUT2D eigenvalue weighted by Crippen LogP contribution is -2.46. The van der Waals surface area contributed by atoms with Crippen LogP contribution in [0.3, 0.4) is 0 Å². The summed E-state index contributed by atoms with van der Waals surface area (Å²) in [5.41, 5.74) is 0.376. The van der Waals surface area contributed by atoms with Crippen LogP contribution in [0.15, 0.2) is 30.3 Å². The van der Waals surface area contributed by atoms with Crippen molar-refractivity contribution in [3.05, 3.63) is 59.0 Å². The second-order valence-corrected chi connectivity index (χ2v) is 8.55. The molecule has 1 atom stereocenters. The van der Waals surface area contributed by atoms with E-state index in [1.165, 1.54) is 18.2 Å². The number of aromatic nitrogens is 1. The van der Waals surface area contributed by atoms with Crippen molar-refractivity contribution >= 4 is 11.7 Å². The van der Waals surface area contributed by atoms with Gasteiger partial charge in [0.05, 0.1) is 17.2 Å². The van der Waals surface area contributed by atoms with Gasteiger partial charge < -0.3 is 4.90 Å². The molecule has 30 heavy (non-hydrogen) atoms. The maximum Gasteiger partial charge on any atom is 0.245 e. The minimum absolute atomic E-state index is 0.0394. The fourth-order valence-corrected chi connectivity index (χ4v) is 5.10. The van der Waals surface area contributed by atoms with E-state index in [-0.39, 0.29) is 17.8 Å². The number of hydrogen-bond acceptors (Lipinski definition) is 4. The zero-order valence-electron chi connectivity index (χ0n) is 16.7. The van der Waals surface area contributed by atoms with Gasteiger partial charge in [0.25, 0.3) is 0 Å². The van der Waals surface area contributed by atoms with Crippen LogP contribution in [0.25, 0.3) is 0 Å². The third-order valence-corrected chi connectivity index (χ3v) is 6.73. The molecule has 3 aliphatic heterocycles. The second kappa shape index (κ2) is 6.97. The van der Waals surface area contributed by atoms with E-state index in [4.69, 9.17) is 0 Å². The summed E-state index contributed by atoms with van der Waals surface area (Å²) in [4.78, 5) is 19.9. The summed E-state index contributed by atoms with van der Waals surface area (Å²) in [6, 6.07) is 6.26. The van der Waals surface area contributed by atoms with Crippen LogP contribution in [0, 0.1) is 29.8 Å². The van der Waals surface area contributed by atoms with Gasteiger partial charge in [-0.15, -0.1) is 0 Å². The Labute approximate surface area is 173 Å². The molecule has 0 saturated carbocycles. The van der Waals surface area contributed by atoms with Crippen molar-refractivity contribution in [1.29, 1.82) is 0 Å². The Morgan fingerprint density at radius 2 is 1.73 bits per heavy atom. The van der Waals surface area contributed by atoms with Gasteiger partial charge in [-0.2, -0.15) is 0 Å². The van der Waals surface area contributed by atoms with E-state index >= 15 is 0 Å². The Bertz CT molecular complexity index is 986. The standard InChI is InChI=1S/C22H23F3N4O/c1-14-18(25)2-3-20(26-14)27-8-5-22(6-9-27)13-28-7-4-19(29(28)21(22)30)15-10-16(23)12-17(24)11-15/h2-3,10-12,19H,4-9,13H2,1H3/t19-/m0/s1. The largest absolute Gasteiger partial charge is 0.357 e. The summed E-state index contributed by atoms with van der Waals surface area (Å²) >= 11 is 0. The number of carbonyl (C=O) groups excluding carboxylic acids is 1. The van der Waals surface area contributed by atoms with Crippen molar-refractivity contribution in [2.75, 3.05) is 31.1 Å². The lowest BCUT2D eigenvalue weighted by molar-refractivity contribution is -0.143. The summed E-state index contributed by atoms with van der Waals surface area (Å²) in [7, 11) is 0. The number of anilines is 1.